The Morgan fingerprint density at radius 3 is 2.70 bits per heavy atom. The molecule has 23 heavy (non-hydrogen) atoms. The molecule has 2 aliphatic rings. The van der Waals surface area contributed by atoms with Crippen LogP contribution in [-0.4, -0.2) is 51.7 Å². The summed E-state index contributed by atoms with van der Waals surface area (Å²) in [4.78, 5) is 3.50. The van der Waals surface area contributed by atoms with Gasteiger partial charge in [0.2, 0.25) is 10.0 Å². The third-order valence-electron chi connectivity index (χ3n) is 4.32. The number of nitrogens with zero attached hydrogens (tertiary/aromatic N) is 1. The standard InChI is InChI=1S/C16H26N2O3S2/c1-16(2,3)14-6-7-15(22-14)23(19,20)17-10-13-11-18(8-9-21-13)12-4-5-12/h6-7,12-13,17H,4-5,8-11H2,1-3H3/t13-/m0/s1. The van der Waals surface area contributed by atoms with Crippen molar-refractivity contribution in [2.45, 2.75) is 55.4 Å². The molecule has 1 saturated carbocycles. The largest absolute Gasteiger partial charge is 0.374 e. The van der Waals surface area contributed by atoms with E-state index >= 15 is 0 Å². The average Bonchev–Trinajstić information content (AvgIpc) is 3.20. The minimum Gasteiger partial charge on any atom is -0.374 e. The second-order valence-electron chi connectivity index (χ2n) is 7.44. The second-order valence-corrected chi connectivity index (χ2v) is 10.5. The van der Waals surface area contributed by atoms with Gasteiger partial charge in [0.15, 0.2) is 0 Å². The third-order valence-corrected chi connectivity index (χ3v) is 7.75. The molecule has 0 aromatic carbocycles. The molecule has 0 amide bonds. The first-order chi connectivity index (χ1) is 10.8. The Balaban J connectivity index is 1.59. The number of hydrogen-bond donors (Lipinski definition) is 1. The molecule has 2 fully saturated rings. The predicted molar refractivity (Wildman–Crippen MR) is 92.5 cm³/mol. The van der Waals surface area contributed by atoms with E-state index in [0.29, 0.717) is 23.4 Å². The van der Waals surface area contributed by atoms with Gasteiger partial charge >= 0.3 is 0 Å². The first-order valence-corrected chi connectivity index (χ1v) is 10.5. The Morgan fingerprint density at radius 2 is 2.09 bits per heavy atom. The highest BCUT2D eigenvalue weighted by atomic mass is 32.2. The molecule has 1 aromatic rings. The summed E-state index contributed by atoms with van der Waals surface area (Å²) in [5.41, 5.74) is -0.0321. The first kappa shape index (κ1) is 17.4. The highest BCUT2D eigenvalue weighted by Gasteiger charge is 2.33. The van der Waals surface area contributed by atoms with E-state index in [0.717, 1.165) is 18.0 Å². The van der Waals surface area contributed by atoms with Gasteiger partial charge in [-0.25, -0.2) is 13.1 Å². The van der Waals surface area contributed by atoms with Crippen molar-refractivity contribution in [2.24, 2.45) is 0 Å². The van der Waals surface area contributed by atoms with Crippen LogP contribution >= 0.6 is 11.3 Å². The fourth-order valence-corrected chi connectivity index (χ4v) is 5.25. The highest BCUT2D eigenvalue weighted by molar-refractivity contribution is 7.91. The minimum absolute atomic E-state index is 0.0321. The van der Waals surface area contributed by atoms with E-state index in [-0.39, 0.29) is 11.5 Å². The molecule has 1 aliphatic heterocycles. The van der Waals surface area contributed by atoms with Gasteiger partial charge in [-0.3, -0.25) is 4.90 Å². The highest BCUT2D eigenvalue weighted by Crippen LogP contribution is 2.32. The van der Waals surface area contributed by atoms with E-state index in [9.17, 15) is 8.42 Å². The number of nitrogens with one attached hydrogen (secondary N) is 1. The molecule has 1 aliphatic carbocycles. The maximum Gasteiger partial charge on any atom is 0.250 e. The third kappa shape index (κ3) is 4.33. The van der Waals surface area contributed by atoms with Crippen molar-refractivity contribution in [2.75, 3.05) is 26.2 Å². The summed E-state index contributed by atoms with van der Waals surface area (Å²) in [6.45, 7) is 9.09. The SMILES string of the molecule is CC(C)(C)c1ccc(S(=O)(=O)NC[C@H]2CN(C3CC3)CCO2)s1. The van der Waals surface area contributed by atoms with Crippen molar-refractivity contribution in [3.63, 3.8) is 0 Å². The van der Waals surface area contributed by atoms with Crippen molar-refractivity contribution in [1.29, 1.82) is 0 Å². The van der Waals surface area contributed by atoms with E-state index in [1.165, 1.54) is 24.2 Å². The van der Waals surface area contributed by atoms with Crippen molar-refractivity contribution in [1.82, 2.24) is 9.62 Å². The molecule has 0 bridgehead atoms. The lowest BCUT2D eigenvalue weighted by atomic mass is 9.95. The molecule has 3 rings (SSSR count). The number of thiophene rings is 1. The molecular formula is C16H26N2O3S2. The van der Waals surface area contributed by atoms with Crippen LogP contribution in [0.2, 0.25) is 0 Å². The van der Waals surface area contributed by atoms with Crippen LogP contribution in [0.5, 0.6) is 0 Å². The second kappa shape index (κ2) is 6.44. The van der Waals surface area contributed by atoms with Gasteiger partial charge in [0.25, 0.3) is 0 Å². The van der Waals surface area contributed by atoms with Gasteiger partial charge in [0.05, 0.1) is 12.7 Å². The number of rotatable bonds is 5. The molecule has 7 heteroatoms. The van der Waals surface area contributed by atoms with Gasteiger partial charge in [-0.2, -0.15) is 0 Å². The van der Waals surface area contributed by atoms with Gasteiger partial charge in [-0.05, 0) is 30.4 Å². The first-order valence-electron chi connectivity index (χ1n) is 8.21. The quantitative estimate of drug-likeness (QED) is 0.876. The molecule has 1 atom stereocenters. The number of ether oxygens (including phenoxy) is 1. The smallest absolute Gasteiger partial charge is 0.250 e. The summed E-state index contributed by atoms with van der Waals surface area (Å²) < 4.78 is 33.8. The molecular weight excluding hydrogens is 332 g/mol. The summed E-state index contributed by atoms with van der Waals surface area (Å²) in [6, 6.07) is 4.31. The topological polar surface area (TPSA) is 58.6 Å². The lowest BCUT2D eigenvalue weighted by molar-refractivity contribution is -0.0277. The number of hydrogen-bond acceptors (Lipinski definition) is 5. The summed E-state index contributed by atoms with van der Waals surface area (Å²) >= 11 is 1.35. The van der Waals surface area contributed by atoms with E-state index in [4.69, 9.17) is 4.74 Å². The average molecular weight is 359 g/mol. The van der Waals surface area contributed by atoms with Gasteiger partial charge < -0.3 is 4.74 Å². The van der Waals surface area contributed by atoms with Crippen molar-refractivity contribution < 1.29 is 13.2 Å². The zero-order valence-corrected chi connectivity index (χ0v) is 15.7. The Labute approximate surface area is 143 Å². The van der Waals surface area contributed by atoms with Gasteiger partial charge in [0.1, 0.15) is 4.21 Å². The van der Waals surface area contributed by atoms with Crippen molar-refractivity contribution in [3.8, 4) is 0 Å². The molecule has 130 valence electrons. The Morgan fingerprint density at radius 1 is 1.35 bits per heavy atom. The Hall–Kier alpha value is -0.470. The molecule has 0 spiro atoms. The van der Waals surface area contributed by atoms with Crippen molar-refractivity contribution in [3.05, 3.63) is 17.0 Å². The number of morpholine rings is 1. The van der Waals surface area contributed by atoms with E-state index in [1.807, 2.05) is 6.07 Å². The van der Waals surface area contributed by atoms with Crippen LogP contribution in [0.4, 0.5) is 0 Å². The summed E-state index contributed by atoms with van der Waals surface area (Å²) in [7, 11) is -3.45. The zero-order valence-electron chi connectivity index (χ0n) is 14.0. The van der Waals surface area contributed by atoms with Crippen LogP contribution in [0.3, 0.4) is 0 Å². The maximum absolute atomic E-state index is 12.5. The van der Waals surface area contributed by atoms with Crippen LogP contribution in [0.1, 0.15) is 38.5 Å². The lowest BCUT2D eigenvalue weighted by Gasteiger charge is -2.32. The van der Waals surface area contributed by atoms with E-state index in [1.54, 1.807) is 6.07 Å². The lowest BCUT2D eigenvalue weighted by Crippen LogP contribution is -2.48. The normalized spacial score (nSPS) is 24.0. The van der Waals surface area contributed by atoms with Crippen LogP contribution in [0.15, 0.2) is 16.3 Å². The maximum atomic E-state index is 12.5. The molecule has 1 N–H and O–H groups in total. The monoisotopic (exact) mass is 358 g/mol. The predicted octanol–water partition coefficient (Wildman–Crippen LogP) is 2.19. The van der Waals surface area contributed by atoms with Gasteiger partial charge in [0, 0.05) is 30.6 Å². The fourth-order valence-electron chi connectivity index (χ4n) is 2.78. The van der Waals surface area contributed by atoms with E-state index < -0.39 is 10.0 Å². The Bertz CT molecular complexity index is 645. The van der Waals surface area contributed by atoms with Crippen LogP contribution in [-0.2, 0) is 20.2 Å². The molecule has 1 saturated heterocycles. The summed E-state index contributed by atoms with van der Waals surface area (Å²) in [5.74, 6) is 0. The van der Waals surface area contributed by atoms with Gasteiger partial charge in [-0.1, -0.05) is 20.8 Å². The Kier molecular flexibility index (Phi) is 4.86. The summed E-state index contributed by atoms with van der Waals surface area (Å²) in [5, 5.41) is 0. The molecule has 5 nitrogen and oxygen atoms in total. The van der Waals surface area contributed by atoms with Crippen LogP contribution in [0, 0.1) is 0 Å². The van der Waals surface area contributed by atoms with Crippen LogP contribution in [0.25, 0.3) is 0 Å². The fraction of sp³-hybridized carbons (Fsp3) is 0.750. The molecule has 1 aromatic heterocycles. The molecule has 0 unspecified atom stereocenters. The zero-order chi connectivity index (χ0) is 16.7. The molecule has 2 heterocycles. The van der Waals surface area contributed by atoms with Gasteiger partial charge in [-0.15, -0.1) is 11.3 Å². The van der Waals surface area contributed by atoms with E-state index in [2.05, 4.69) is 30.4 Å². The molecule has 0 radical (unpaired) electrons. The minimum atomic E-state index is -3.45. The van der Waals surface area contributed by atoms with Crippen molar-refractivity contribution >= 4 is 21.4 Å². The van der Waals surface area contributed by atoms with Crippen LogP contribution < -0.4 is 4.72 Å². The summed E-state index contributed by atoms with van der Waals surface area (Å²) in [6.07, 6.45) is 2.48. The number of sulfonamides is 1.